The largest absolute Gasteiger partial charge is 0.469 e. The Labute approximate surface area is 115 Å². The van der Waals surface area contributed by atoms with E-state index in [1.54, 1.807) is 0 Å². The highest BCUT2D eigenvalue weighted by Crippen LogP contribution is 2.24. The van der Waals surface area contributed by atoms with E-state index >= 15 is 0 Å². The molecule has 1 rings (SSSR count). The number of ether oxygens (including phenoxy) is 1. The van der Waals surface area contributed by atoms with Crippen LogP contribution in [0.1, 0.15) is 44.4 Å². The van der Waals surface area contributed by atoms with Crippen molar-refractivity contribution in [1.29, 1.82) is 0 Å². The maximum atomic E-state index is 11.1. The van der Waals surface area contributed by atoms with E-state index in [-0.39, 0.29) is 36.3 Å². The van der Waals surface area contributed by atoms with E-state index in [1.165, 1.54) is 12.7 Å². The second kappa shape index (κ2) is 6.76. The average Bonchev–Trinajstić information content (AvgIpc) is 2.27. The molecule has 0 aliphatic carbocycles. The molecule has 0 aliphatic heterocycles. The van der Waals surface area contributed by atoms with E-state index in [0.29, 0.717) is 0 Å². The molecule has 0 saturated heterocycles. The van der Waals surface area contributed by atoms with Crippen LogP contribution in [0.4, 0.5) is 0 Å². The van der Waals surface area contributed by atoms with E-state index in [0.717, 1.165) is 5.56 Å². The van der Waals surface area contributed by atoms with Crippen molar-refractivity contribution in [3.63, 3.8) is 0 Å². The second-order valence-corrected chi connectivity index (χ2v) is 5.26. The molecule has 0 aliphatic rings. The monoisotopic (exact) mass is 271 g/mol. The quantitative estimate of drug-likeness (QED) is 0.860. The van der Waals surface area contributed by atoms with E-state index < -0.39 is 0 Å². The van der Waals surface area contributed by atoms with Gasteiger partial charge >= 0.3 is 5.97 Å². The molecule has 0 fully saturated rings. The average molecular weight is 272 g/mol. The van der Waals surface area contributed by atoms with Crippen LogP contribution in [0.15, 0.2) is 24.3 Å². The number of rotatable bonds is 3. The summed E-state index contributed by atoms with van der Waals surface area (Å²) in [5.41, 5.74) is 8.28. The summed E-state index contributed by atoms with van der Waals surface area (Å²) in [5, 5.41) is 0. The van der Waals surface area contributed by atoms with Gasteiger partial charge in [-0.15, -0.1) is 12.4 Å². The molecule has 1 unspecified atom stereocenters. The van der Waals surface area contributed by atoms with Crippen molar-refractivity contribution >= 4 is 18.4 Å². The predicted molar refractivity (Wildman–Crippen MR) is 76.0 cm³/mol. The van der Waals surface area contributed by atoms with Crippen LogP contribution >= 0.6 is 12.4 Å². The summed E-state index contributed by atoms with van der Waals surface area (Å²) in [4.78, 5) is 11.1. The Morgan fingerprint density at radius 1 is 1.28 bits per heavy atom. The molecule has 0 heterocycles. The van der Waals surface area contributed by atoms with Gasteiger partial charge in [0.2, 0.25) is 0 Å². The van der Waals surface area contributed by atoms with Gasteiger partial charge in [-0.3, -0.25) is 4.79 Å². The van der Waals surface area contributed by atoms with Gasteiger partial charge in [-0.05, 0) is 16.5 Å². The molecule has 2 N–H and O–H groups in total. The molecule has 0 bridgehead atoms. The number of hydrogen-bond donors (Lipinski definition) is 1. The number of carbonyl (C=O) groups is 1. The van der Waals surface area contributed by atoms with Crippen LogP contribution in [0.3, 0.4) is 0 Å². The molecule has 1 atom stereocenters. The Morgan fingerprint density at radius 2 is 1.78 bits per heavy atom. The number of halogens is 1. The van der Waals surface area contributed by atoms with Crippen molar-refractivity contribution in [3.8, 4) is 0 Å². The zero-order chi connectivity index (χ0) is 13.1. The smallest absolute Gasteiger partial charge is 0.307 e. The summed E-state index contributed by atoms with van der Waals surface area (Å²) < 4.78 is 4.60. The third kappa shape index (κ3) is 4.67. The first-order chi connectivity index (χ1) is 7.84. The van der Waals surface area contributed by atoms with Gasteiger partial charge in [-0.25, -0.2) is 0 Å². The van der Waals surface area contributed by atoms with Gasteiger partial charge in [-0.2, -0.15) is 0 Å². The number of nitrogens with two attached hydrogens (primary N) is 1. The molecular formula is C14H22ClNO2. The lowest BCUT2D eigenvalue weighted by Crippen LogP contribution is -2.17. The SMILES string of the molecule is COC(=O)CC(N)c1ccc(C(C)(C)C)cc1.Cl. The van der Waals surface area contributed by atoms with E-state index in [2.05, 4.69) is 37.6 Å². The van der Waals surface area contributed by atoms with Crippen molar-refractivity contribution < 1.29 is 9.53 Å². The Morgan fingerprint density at radius 3 is 2.17 bits per heavy atom. The molecular weight excluding hydrogens is 250 g/mol. The van der Waals surface area contributed by atoms with E-state index in [4.69, 9.17) is 5.73 Å². The zero-order valence-corrected chi connectivity index (χ0v) is 12.2. The third-order valence-electron chi connectivity index (χ3n) is 2.82. The van der Waals surface area contributed by atoms with Crippen LogP contribution in [0.2, 0.25) is 0 Å². The van der Waals surface area contributed by atoms with E-state index in [9.17, 15) is 4.79 Å². The summed E-state index contributed by atoms with van der Waals surface area (Å²) >= 11 is 0. The fourth-order valence-electron chi connectivity index (χ4n) is 1.61. The van der Waals surface area contributed by atoms with Crippen molar-refractivity contribution in [1.82, 2.24) is 0 Å². The van der Waals surface area contributed by atoms with Crippen LogP contribution < -0.4 is 5.73 Å². The molecule has 1 aromatic rings. The van der Waals surface area contributed by atoms with Gasteiger partial charge in [-0.1, -0.05) is 45.0 Å². The maximum Gasteiger partial charge on any atom is 0.307 e. The standard InChI is InChI=1S/C14H21NO2.ClH/c1-14(2,3)11-7-5-10(6-8-11)12(15)9-13(16)17-4;/h5-8,12H,9,15H2,1-4H3;1H. The molecule has 1 aromatic carbocycles. The summed E-state index contributed by atoms with van der Waals surface area (Å²) in [5.74, 6) is -0.280. The predicted octanol–water partition coefficient (Wildman–Crippen LogP) is 2.97. The van der Waals surface area contributed by atoms with Gasteiger partial charge in [0, 0.05) is 6.04 Å². The van der Waals surface area contributed by atoms with Crippen LogP contribution in [-0.4, -0.2) is 13.1 Å². The molecule has 0 radical (unpaired) electrons. The number of carbonyl (C=O) groups excluding carboxylic acids is 1. The molecule has 18 heavy (non-hydrogen) atoms. The molecule has 0 amide bonds. The summed E-state index contributed by atoms with van der Waals surface area (Å²) in [6.45, 7) is 6.49. The fourth-order valence-corrected chi connectivity index (χ4v) is 1.61. The Balaban J connectivity index is 0.00000289. The number of methoxy groups -OCH3 is 1. The normalized spacial score (nSPS) is 12.5. The second-order valence-electron chi connectivity index (χ2n) is 5.26. The number of benzene rings is 1. The minimum absolute atomic E-state index is 0. The van der Waals surface area contributed by atoms with E-state index in [1.807, 2.05) is 12.1 Å². The number of esters is 1. The van der Waals surface area contributed by atoms with Gasteiger partial charge in [0.05, 0.1) is 13.5 Å². The zero-order valence-electron chi connectivity index (χ0n) is 11.4. The molecule has 102 valence electrons. The van der Waals surface area contributed by atoms with Crippen LogP contribution in [0, 0.1) is 0 Å². The van der Waals surface area contributed by atoms with Gasteiger partial charge < -0.3 is 10.5 Å². The van der Waals surface area contributed by atoms with Crippen LogP contribution in [0.25, 0.3) is 0 Å². The molecule has 0 aromatic heterocycles. The van der Waals surface area contributed by atoms with Crippen molar-refractivity contribution in [2.75, 3.05) is 7.11 Å². The highest BCUT2D eigenvalue weighted by atomic mass is 35.5. The van der Waals surface area contributed by atoms with Gasteiger partial charge in [0.1, 0.15) is 0 Å². The molecule has 3 nitrogen and oxygen atoms in total. The van der Waals surface area contributed by atoms with Crippen molar-refractivity contribution in [2.24, 2.45) is 5.73 Å². The Hall–Kier alpha value is -1.06. The minimum Gasteiger partial charge on any atom is -0.469 e. The lowest BCUT2D eigenvalue weighted by Gasteiger charge is -2.20. The third-order valence-corrected chi connectivity index (χ3v) is 2.82. The highest BCUT2D eigenvalue weighted by Gasteiger charge is 2.15. The van der Waals surface area contributed by atoms with Crippen LogP contribution in [0.5, 0.6) is 0 Å². The summed E-state index contributed by atoms with van der Waals surface area (Å²) in [6, 6.07) is 7.79. The Bertz CT molecular complexity index is 382. The first-order valence-electron chi connectivity index (χ1n) is 5.77. The summed E-state index contributed by atoms with van der Waals surface area (Å²) in [6.07, 6.45) is 0.214. The van der Waals surface area contributed by atoms with Crippen molar-refractivity contribution in [3.05, 3.63) is 35.4 Å². The fraction of sp³-hybridized carbons (Fsp3) is 0.500. The highest BCUT2D eigenvalue weighted by molar-refractivity contribution is 5.85. The number of hydrogen-bond acceptors (Lipinski definition) is 3. The van der Waals surface area contributed by atoms with Crippen molar-refractivity contribution in [2.45, 2.75) is 38.6 Å². The summed E-state index contributed by atoms with van der Waals surface area (Å²) in [7, 11) is 1.37. The lowest BCUT2D eigenvalue weighted by atomic mass is 9.86. The first-order valence-corrected chi connectivity index (χ1v) is 5.77. The first kappa shape index (κ1) is 16.9. The molecule has 0 saturated carbocycles. The maximum absolute atomic E-state index is 11.1. The molecule has 4 heteroatoms. The topological polar surface area (TPSA) is 52.3 Å². The lowest BCUT2D eigenvalue weighted by molar-refractivity contribution is -0.141. The Kier molecular flexibility index (Phi) is 6.36. The minimum atomic E-state index is -0.295. The van der Waals surface area contributed by atoms with Crippen LogP contribution in [-0.2, 0) is 14.9 Å². The van der Waals surface area contributed by atoms with Gasteiger partial charge in [0.15, 0.2) is 0 Å². The van der Waals surface area contributed by atoms with Gasteiger partial charge in [0.25, 0.3) is 0 Å². The molecule has 0 spiro atoms.